The summed E-state index contributed by atoms with van der Waals surface area (Å²) in [6.07, 6.45) is 0. The van der Waals surface area contributed by atoms with Crippen molar-refractivity contribution in [1.82, 2.24) is 28.2 Å². The third-order valence-corrected chi connectivity index (χ3v) is 6.08. The Labute approximate surface area is 185 Å². The van der Waals surface area contributed by atoms with E-state index >= 15 is 0 Å². The van der Waals surface area contributed by atoms with Gasteiger partial charge in [0.15, 0.2) is 11.3 Å². The van der Waals surface area contributed by atoms with Crippen LogP contribution in [0.2, 0.25) is 0 Å². The van der Waals surface area contributed by atoms with E-state index in [0.29, 0.717) is 11.2 Å². The summed E-state index contributed by atoms with van der Waals surface area (Å²) in [6, 6.07) is 9.36. The number of fused-ring (bicyclic) bond motifs is 3. The van der Waals surface area contributed by atoms with E-state index in [1.165, 1.54) is 37.3 Å². The van der Waals surface area contributed by atoms with E-state index in [4.69, 9.17) is 4.98 Å². The molecule has 0 saturated heterocycles. The Hall–Kier alpha value is -4.34. The van der Waals surface area contributed by atoms with Crippen LogP contribution in [-0.4, -0.2) is 28.2 Å². The molecule has 0 fully saturated rings. The molecule has 0 aliphatic carbocycles. The molecule has 1 aromatic carbocycles. The third kappa shape index (κ3) is 2.73. The highest BCUT2D eigenvalue weighted by Gasteiger charge is 2.24. The molecule has 0 N–H and O–H groups in total. The van der Waals surface area contributed by atoms with Crippen molar-refractivity contribution >= 4 is 33.0 Å². The topological polar surface area (TPSA) is 114 Å². The highest BCUT2D eigenvalue weighted by atomic mass is 16.2. The Balaban J connectivity index is 2.14. The number of nitrogens with zero attached hydrogens (tertiary/aromatic N) is 6. The van der Waals surface area contributed by atoms with Crippen molar-refractivity contribution in [1.29, 1.82) is 0 Å². The van der Waals surface area contributed by atoms with E-state index < -0.39 is 22.5 Å². The van der Waals surface area contributed by atoms with Crippen LogP contribution in [0.25, 0.3) is 44.2 Å². The van der Waals surface area contributed by atoms with E-state index in [2.05, 4.69) is 4.98 Å². The van der Waals surface area contributed by atoms with Gasteiger partial charge in [-0.15, -0.1) is 0 Å². The number of pyridine rings is 2. The molecule has 4 aromatic heterocycles. The van der Waals surface area contributed by atoms with Crippen molar-refractivity contribution in [2.75, 3.05) is 0 Å². The zero-order chi connectivity index (χ0) is 23.8. The first-order valence-electron chi connectivity index (χ1n) is 10.2. The summed E-state index contributed by atoms with van der Waals surface area (Å²) in [5.41, 5.74) is 0.170. The van der Waals surface area contributed by atoms with E-state index in [1.807, 2.05) is 31.2 Å². The van der Waals surface area contributed by atoms with E-state index in [9.17, 15) is 19.2 Å². The molecule has 0 unspecified atom stereocenters. The molecule has 0 radical (unpaired) electrons. The molecule has 0 amide bonds. The maximum absolute atomic E-state index is 13.3. The van der Waals surface area contributed by atoms with E-state index in [-0.39, 0.29) is 27.6 Å². The molecule has 0 aliphatic heterocycles. The Morgan fingerprint density at radius 3 is 1.76 bits per heavy atom. The van der Waals surface area contributed by atoms with Crippen LogP contribution in [0.3, 0.4) is 0 Å². The number of aromatic nitrogens is 6. The van der Waals surface area contributed by atoms with Crippen molar-refractivity contribution in [3.05, 3.63) is 77.6 Å². The largest absolute Gasteiger partial charge is 0.332 e. The predicted molar refractivity (Wildman–Crippen MR) is 126 cm³/mol. The van der Waals surface area contributed by atoms with Gasteiger partial charge < -0.3 is 0 Å². The average molecular weight is 444 g/mol. The molecule has 10 nitrogen and oxygen atoms in total. The van der Waals surface area contributed by atoms with E-state index in [1.54, 1.807) is 6.07 Å². The molecule has 33 heavy (non-hydrogen) atoms. The highest BCUT2D eigenvalue weighted by Crippen LogP contribution is 2.30. The minimum atomic E-state index is -0.598. The van der Waals surface area contributed by atoms with Gasteiger partial charge in [-0.2, -0.15) is 0 Å². The van der Waals surface area contributed by atoms with Gasteiger partial charge in [-0.3, -0.25) is 27.9 Å². The predicted octanol–water partition coefficient (Wildman–Crippen LogP) is 0.706. The summed E-state index contributed by atoms with van der Waals surface area (Å²) < 4.78 is 4.39. The van der Waals surface area contributed by atoms with Crippen molar-refractivity contribution in [2.24, 2.45) is 28.2 Å². The monoisotopic (exact) mass is 444 g/mol. The molecule has 10 heteroatoms. The van der Waals surface area contributed by atoms with Crippen LogP contribution in [0.15, 0.2) is 49.5 Å². The lowest BCUT2D eigenvalue weighted by Crippen LogP contribution is -2.40. The quantitative estimate of drug-likeness (QED) is 0.352. The van der Waals surface area contributed by atoms with Crippen LogP contribution in [0.4, 0.5) is 0 Å². The number of hydrogen-bond acceptors (Lipinski definition) is 6. The molecule has 0 atom stereocenters. The van der Waals surface area contributed by atoms with Gasteiger partial charge in [-0.25, -0.2) is 19.6 Å². The normalized spacial score (nSPS) is 11.7. The Bertz CT molecular complexity index is 1810. The molecule has 0 aliphatic rings. The SMILES string of the molecule is Cc1ccc2nc(-c3c4c(=O)n(C)c(=O)n(C)c4nc4c3c(=O)n(C)c(=O)n4C)ccc2c1. The van der Waals surface area contributed by atoms with Gasteiger partial charge in [0.1, 0.15) is 0 Å². The molecular formula is C23H20N6O4. The van der Waals surface area contributed by atoms with Crippen LogP contribution in [0.1, 0.15) is 5.56 Å². The summed E-state index contributed by atoms with van der Waals surface area (Å²) in [5, 5.41) is 1.07. The summed E-state index contributed by atoms with van der Waals surface area (Å²) in [5.74, 6) is 0. The minimum Gasteiger partial charge on any atom is -0.280 e. The maximum Gasteiger partial charge on any atom is 0.332 e. The van der Waals surface area contributed by atoms with Crippen molar-refractivity contribution < 1.29 is 0 Å². The third-order valence-electron chi connectivity index (χ3n) is 6.08. The van der Waals surface area contributed by atoms with Crippen molar-refractivity contribution in [3.63, 3.8) is 0 Å². The van der Waals surface area contributed by atoms with Gasteiger partial charge in [0.25, 0.3) is 11.1 Å². The first-order valence-corrected chi connectivity index (χ1v) is 10.2. The smallest absolute Gasteiger partial charge is 0.280 e. The minimum absolute atomic E-state index is 0.0691. The molecule has 0 bridgehead atoms. The van der Waals surface area contributed by atoms with Gasteiger partial charge >= 0.3 is 11.4 Å². The van der Waals surface area contributed by atoms with Gasteiger partial charge in [0.05, 0.1) is 22.0 Å². The molecule has 0 saturated carbocycles. The Morgan fingerprint density at radius 2 is 1.21 bits per heavy atom. The summed E-state index contributed by atoms with van der Waals surface area (Å²) in [4.78, 5) is 61.0. The fourth-order valence-corrected chi connectivity index (χ4v) is 4.23. The molecule has 5 aromatic rings. The summed E-state index contributed by atoms with van der Waals surface area (Å²) in [6.45, 7) is 1.98. The van der Waals surface area contributed by atoms with Gasteiger partial charge in [0.2, 0.25) is 0 Å². The first-order chi connectivity index (χ1) is 15.6. The lowest BCUT2D eigenvalue weighted by Gasteiger charge is -2.15. The van der Waals surface area contributed by atoms with Crippen molar-refractivity contribution in [3.8, 4) is 11.3 Å². The number of aryl methyl sites for hydroxylation is 3. The van der Waals surface area contributed by atoms with Crippen LogP contribution in [0, 0.1) is 6.92 Å². The van der Waals surface area contributed by atoms with Gasteiger partial charge in [-0.1, -0.05) is 17.7 Å². The lowest BCUT2D eigenvalue weighted by molar-refractivity contribution is 0.697. The molecule has 4 heterocycles. The van der Waals surface area contributed by atoms with E-state index in [0.717, 1.165) is 20.1 Å². The van der Waals surface area contributed by atoms with Crippen LogP contribution < -0.4 is 22.5 Å². The second-order valence-corrected chi connectivity index (χ2v) is 8.19. The maximum atomic E-state index is 13.3. The van der Waals surface area contributed by atoms with Gasteiger partial charge in [0, 0.05) is 39.1 Å². The lowest BCUT2D eigenvalue weighted by atomic mass is 10.0. The highest BCUT2D eigenvalue weighted by molar-refractivity contribution is 6.07. The summed E-state index contributed by atoms with van der Waals surface area (Å²) in [7, 11) is 5.71. The van der Waals surface area contributed by atoms with Crippen molar-refractivity contribution in [2.45, 2.75) is 6.92 Å². The Kier molecular flexibility index (Phi) is 4.25. The standard InChI is InChI=1S/C23H20N6O4/c1-11-6-8-13-12(10-11)7-9-14(24-13)15-16-18(26(2)22(32)28(4)20(16)30)25-19-17(15)21(31)29(5)23(33)27(19)3/h6-10H,1-5H3. The van der Waals surface area contributed by atoms with Crippen LogP contribution in [0.5, 0.6) is 0 Å². The molecule has 5 rings (SSSR count). The second-order valence-electron chi connectivity index (χ2n) is 8.19. The van der Waals surface area contributed by atoms with Gasteiger partial charge in [-0.05, 0) is 25.1 Å². The summed E-state index contributed by atoms with van der Waals surface area (Å²) >= 11 is 0. The zero-order valence-electron chi connectivity index (χ0n) is 18.7. The molecule has 166 valence electrons. The second kappa shape index (κ2) is 6.83. The number of benzene rings is 1. The fourth-order valence-electron chi connectivity index (χ4n) is 4.23. The average Bonchev–Trinajstić information content (AvgIpc) is 2.81. The molecule has 0 spiro atoms. The fraction of sp³-hybridized carbons (Fsp3) is 0.217. The van der Waals surface area contributed by atoms with Crippen LogP contribution in [-0.2, 0) is 28.2 Å². The number of rotatable bonds is 1. The zero-order valence-corrected chi connectivity index (χ0v) is 18.7. The molecular weight excluding hydrogens is 424 g/mol. The van der Waals surface area contributed by atoms with Crippen LogP contribution >= 0.6 is 0 Å². The first kappa shape index (κ1) is 20.6. The number of hydrogen-bond donors (Lipinski definition) is 0. The Morgan fingerprint density at radius 1 is 0.667 bits per heavy atom.